The van der Waals surface area contributed by atoms with Crippen LogP contribution in [0.5, 0.6) is 0 Å². The second kappa shape index (κ2) is 8.50. The Hall–Kier alpha value is -1.85. The summed E-state index contributed by atoms with van der Waals surface area (Å²) < 4.78 is 1.79. The molecule has 2 rings (SSSR count). The van der Waals surface area contributed by atoms with E-state index in [9.17, 15) is 9.59 Å². The molecule has 1 heterocycles. The van der Waals surface area contributed by atoms with Crippen molar-refractivity contribution in [3.8, 4) is 0 Å². The van der Waals surface area contributed by atoms with Gasteiger partial charge in [0.15, 0.2) is 0 Å². The molecule has 1 aromatic rings. The number of nitrogens with zero attached hydrogens (tertiary/aromatic N) is 2. The molecule has 1 fully saturated rings. The molecule has 6 heteroatoms. The maximum absolute atomic E-state index is 12.5. The predicted octanol–water partition coefficient (Wildman–Crippen LogP) is 2.98. The number of aromatic nitrogens is 2. The van der Waals surface area contributed by atoms with Crippen LogP contribution in [-0.2, 0) is 4.79 Å². The summed E-state index contributed by atoms with van der Waals surface area (Å²) in [4.78, 5) is 24.9. The average molecular weight is 348 g/mol. The van der Waals surface area contributed by atoms with Gasteiger partial charge in [-0.3, -0.25) is 14.3 Å². The molecule has 140 valence electrons. The number of nitrogens with one attached hydrogen (secondary N) is 2. The van der Waals surface area contributed by atoms with Crippen LogP contribution in [0, 0.1) is 12.8 Å². The first-order valence-corrected chi connectivity index (χ1v) is 9.46. The Labute approximate surface area is 150 Å². The van der Waals surface area contributed by atoms with Crippen molar-refractivity contribution in [2.75, 3.05) is 0 Å². The fraction of sp³-hybridized carbons (Fsp3) is 0.737. The Morgan fingerprint density at radius 1 is 1.08 bits per heavy atom. The SMILES string of the molecule is Cc1nn(C(C)C)cc1C(=O)NC(C)C(C)NC(=O)C1CCCCC1. The second-order valence-electron chi connectivity index (χ2n) is 7.60. The van der Waals surface area contributed by atoms with Gasteiger partial charge in [-0.15, -0.1) is 0 Å². The lowest BCUT2D eigenvalue weighted by Crippen LogP contribution is -2.50. The molecule has 6 nitrogen and oxygen atoms in total. The van der Waals surface area contributed by atoms with E-state index in [2.05, 4.69) is 15.7 Å². The van der Waals surface area contributed by atoms with E-state index in [1.165, 1.54) is 6.42 Å². The third kappa shape index (κ3) is 5.06. The molecular weight excluding hydrogens is 316 g/mol. The molecule has 0 radical (unpaired) electrons. The normalized spacial score (nSPS) is 18.0. The van der Waals surface area contributed by atoms with E-state index in [4.69, 9.17) is 0 Å². The Morgan fingerprint density at radius 3 is 2.24 bits per heavy atom. The van der Waals surface area contributed by atoms with E-state index in [0.717, 1.165) is 31.4 Å². The van der Waals surface area contributed by atoms with Crippen molar-refractivity contribution >= 4 is 11.8 Å². The minimum absolute atomic E-state index is 0.112. The van der Waals surface area contributed by atoms with Crippen LogP contribution >= 0.6 is 0 Å². The quantitative estimate of drug-likeness (QED) is 0.830. The molecule has 0 spiro atoms. The van der Waals surface area contributed by atoms with E-state index in [0.29, 0.717) is 5.56 Å². The van der Waals surface area contributed by atoms with Crippen molar-refractivity contribution in [1.29, 1.82) is 0 Å². The van der Waals surface area contributed by atoms with Crippen molar-refractivity contribution in [2.24, 2.45) is 5.92 Å². The van der Waals surface area contributed by atoms with Crippen LogP contribution in [0.3, 0.4) is 0 Å². The first-order chi connectivity index (χ1) is 11.8. The molecule has 0 bridgehead atoms. The minimum atomic E-state index is -0.151. The van der Waals surface area contributed by atoms with E-state index >= 15 is 0 Å². The van der Waals surface area contributed by atoms with Gasteiger partial charge in [0.25, 0.3) is 5.91 Å². The second-order valence-corrected chi connectivity index (χ2v) is 7.60. The van der Waals surface area contributed by atoms with E-state index in [1.807, 2.05) is 34.6 Å². The highest BCUT2D eigenvalue weighted by molar-refractivity contribution is 5.95. The smallest absolute Gasteiger partial charge is 0.255 e. The number of amides is 2. The molecule has 1 aliphatic carbocycles. The summed E-state index contributed by atoms with van der Waals surface area (Å²) in [5, 5.41) is 10.4. The molecular formula is C19H32N4O2. The molecule has 0 aromatic carbocycles. The Morgan fingerprint density at radius 2 is 1.68 bits per heavy atom. The first kappa shape index (κ1) is 19.5. The van der Waals surface area contributed by atoms with Gasteiger partial charge in [0.1, 0.15) is 0 Å². The minimum Gasteiger partial charge on any atom is -0.351 e. The van der Waals surface area contributed by atoms with Crippen molar-refractivity contribution in [2.45, 2.75) is 84.8 Å². The molecule has 2 unspecified atom stereocenters. The van der Waals surface area contributed by atoms with Gasteiger partial charge in [-0.25, -0.2) is 0 Å². The number of rotatable bonds is 6. The number of hydrogen-bond acceptors (Lipinski definition) is 3. The van der Waals surface area contributed by atoms with Crippen molar-refractivity contribution in [1.82, 2.24) is 20.4 Å². The fourth-order valence-corrected chi connectivity index (χ4v) is 3.21. The predicted molar refractivity (Wildman–Crippen MR) is 98.5 cm³/mol. The number of carbonyl (C=O) groups is 2. The first-order valence-electron chi connectivity index (χ1n) is 9.46. The van der Waals surface area contributed by atoms with Crippen molar-refractivity contribution in [3.63, 3.8) is 0 Å². The lowest BCUT2D eigenvalue weighted by atomic mass is 9.88. The zero-order valence-electron chi connectivity index (χ0n) is 16.1. The molecule has 0 aliphatic heterocycles. The molecule has 1 aliphatic rings. The van der Waals surface area contributed by atoms with Crippen LogP contribution in [0.1, 0.15) is 81.9 Å². The maximum Gasteiger partial charge on any atom is 0.255 e. The number of carbonyl (C=O) groups excluding carboxylic acids is 2. The van der Waals surface area contributed by atoms with Crippen molar-refractivity contribution < 1.29 is 9.59 Å². The summed E-state index contributed by atoms with van der Waals surface area (Å²) in [5.74, 6) is 0.110. The monoisotopic (exact) mass is 348 g/mol. The molecule has 2 atom stereocenters. The third-order valence-corrected chi connectivity index (χ3v) is 5.14. The molecule has 1 saturated carbocycles. The van der Waals surface area contributed by atoms with Crippen LogP contribution in [0.25, 0.3) is 0 Å². The van der Waals surface area contributed by atoms with Gasteiger partial charge in [0.05, 0.1) is 11.3 Å². The molecule has 2 N–H and O–H groups in total. The lowest BCUT2D eigenvalue weighted by Gasteiger charge is -2.26. The van der Waals surface area contributed by atoms with E-state index in [-0.39, 0.29) is 35.9 Å². The van der Waals surface area contributed by atoms with Gasteiger partial charge >= 0.3 is 0 Å². The zero-order chi connectivity index (χ0) is 18.6. The zero-order valence-corrected chi connectivity index (χ0v) is 16.1. The maximum atomic E-state index is 12.5. The van der Waals surface area contributed by atoms with Crippen LogP contribution in [-0.4, -0.2) is 33.7 Å². The lowest BCUT2D eigenvalue weighted by molar-refractivity contribution is -0.126. The Kier molecular flexibility index (Phi) is 6.62. The summed E-state index contributed by atoms with van der Waals surface area (Å²) >= 11 is 0. The molecule has 25 heavy (non-hydrogen) atoms. The number of aryl methyl sites for hydroxylation is 1. The summed E-state index contributed by atoms with van der Waals surface area (Å²) in [7, 11) is 0. The highest BCUT2D eigenvalue weighted by Gasteiger charge is 2.25. The topological polar surface area (TPSA) is 76.0 Å². The Balaban J connectivity index is 1.90. The van der Waals surface area contributed by atoms with Crippen LogP contribution < -0.4 is 10.6 Å². The van der Waals surface area contributed by atoms with Gasteiger partial charge in [-0.1, -0.05) is 19.3 Å². The largest absolute Gasteiger partial charge is 0.351 e. The molecule has 2 amide bonds. The van der Waals surface area contributed by atoms with E-state index in [1.54, 1.807) is 10.9 Å². The summed E-state index contributed by atoms with van der Waals surface area (Å²) in [5.41, 5.74) is 1.31. The summed E-state index contributed by atoms with van der Waals surface area (Å²) in [6.07, 6.45) is 7.25. The fourth-order valence-electron chi connectivity index (χ4n) is 3.21. The standard InChI is InChI=1S/C19H32N4O2/c1-12(2)23-11-17(15(5)22-23)19(25)21-14(4)13(3)20-18(24)16-9-7-6-8-10-16/h11-14,16H,6-10H2,1-5H3,(H,20,24)(H,21,25). The average Bonchev–Trinajstić information content (AvgIpc) is 2.97. The van der Waals surface area contributed by atoms with Gasteiger partial charge < -0.3 is 10.6 Å². The van der Waals surface area contributed by atoms with E-state index < -0.39 is 0 Å². The molecule has 0 saturated heterocycles. The van der Waals surface area contributed by atoms with Crippen LogP contribution in [0.4, 0.5) is 0 Å². The van der Waals surface area contributed by atoms with Gasteiger partial charge in [0, 0.05) is 30.2 Å². The highest BCUT2D eigenvalue weighted by atomic mass is 16.2. The van der Waals surface area contributed by atoms with Gasteiger partial charge in [0.2, 0.25) is 5.91 Å². The Bertz CT molecular complexity index is 603. The summed E-state index contributed by atoms with van der Waals surface area (Å²) in [6, 6.07) is -0.0490. The number of hydrogen-bond donors (Lipinski definition) is 2. The summed E-state index contributed by atoms with van der Waals surface area (Å²) in [6.45, 7) is 9.76. The van der Waals surface area contributed by atoms with Crippen LogP contribution in [0.2, 0.25) is 0 Å². The molecule has 1 aromatic heterocycles. The highest BCUT2D eigenvalue weighted by Crippen LogP contribution is 2.23. The van der Waals surface area contributed by atoms with Gasteiger partial charge in [-0.05, 0) is 47.5 Å². The van der Waals surface area contributed by atoms with Gasteiger partial charge in [-0.2, -0.15) is 5.10 Å². The third-order valence-electron chi connectivity index (χ3n) is 5.14. The van der Waals surface area contributed by atoms with Crippen molar-refractivity contribution in [3.05, 3.63) is 17.5 Å². The van der Waals surface area contributed by atoms with Crippen LogP contribution in [0.15, 0.2) is 6.20 Å².